The Morgan fingerprint density at radius 1 is 1.20 bits per heavy atom. The second kappa shape index (κ2) is 5.07. The number of non-ortho nitro benzene ring substituents is 1. The first kappa shape index (κ1) is 14.2. The highest BCUT2D eigenvalue weighted by atomic mass is 16.6. The third-order valence-electron chi connectivity index (χ3n) is 3.61. The molecule has 1 saturated heterocycles. The van der Waals surface area contributed by atoms with Gasteiger partial charge < -0.3 is 4.90 Å². The minimum absolute atomic E-state index is 0.0912. The van der Waals surface area contributed by atoms with Crippen LogP contribution >= 0.6 is 0 Å². The van der Waals surface area contributed by atoms with E-state index in [2.05, 4.69) is 13.8 Å². The Morgan fingerprint density at radius 2 is 1.90 bits per heavy atom. The maximum Gasteiger partial charge on any atom is 0.299 e. The first-order valence-corrected chi connectivity index (χ1v) is 6.48. The summed E-state index contributed by atoms with van der Waals surface area (Å²) in [5.41, 5.74) is 0.107. The average Bonchev–Trinajstić information content (AvgIpc) is 2.36. The van der Waals surface area contributed by atoms with Crippen LogP contribution in [-0.4, -0.2) is 22.9 Å². The molecule has 0 bridgehead atoms. The third kappa shape index (κ3) is 2.87. The number of nitro benzene ring substituents is 2. The molecule has 0 aliphatic carbocycles. The summed E-state index contributed by atoms with van der Waals surface area (Å²) in [6, 6.07) is 3.85. The molecule has 0 radical (unpaired) electrons. The maximum atomic E-state index is 11.2. The summed E-state index contributed by atoms with van der Waals surface area (Å²) in [5.74, 6) is 0. The predicted octanol–water partition coefficient (Wildman–Crippen LogP) is 3.13. The van der Waals surface area contributed by atoms with Gasteiger partial charge in [-0.05, 0) is 24.3 Å². The standard InChI is InChI=1S/C13H17N3O4/c1-13(2)6-3-7-14(9-13)11-5-4-10(15(17)18)8-12(11)16(19)20/h4-5,8H,3,6-7,9H2,1-2H3. The molecule has 0 spiro atoms. The third-order valence-corrected chi connectivity index (χ3v) is 3.61. The van der Waals surface area contributed by atoms with Gasteiger partial charge in [-0.15, -0.1) is 0 Å². The fourth-order valence-electron chi connectivity index (χ4n) is 2.67. The first-order valence-electron chi connectivity index (χ1n) is 6.48. The molecule has 0 unspecified atom stereocenters. The Balaban J connectivity index is 2.40. The molecule has 1 heterocycles. The lowest BCUT2D eigenvalue weighted by atomic mass is 9.84. The summed E-state index contributed by atoms with van der Waals surface area (Å²) in [6.45, 7) is 5.69. The molecule has 0 N–H and O–H groups in total. The second-order valence-electron chi connectivity index (χ2n) is 5.88. The monoisotopic (exact) mass is 279 g/mol. The van der Waals surface area contributed by atoms with Gasteiger partial charge in [0.25, 0.3) is 11.4 Å². The smallest absolute Gasteiger partial charge is 0.299 e. The molecule has 0 atom stereocenters. The van der Waals surface area contributed by atoms with Crippen molar-refractivity contribution in [2.24, 2.45) is 5.41 Å². The number of benzene rings is 1. The number of nitro groups is 2. The molecule has 0 saturated carbocycles. The van der Waals surface area contributed by atoms with Gasteiger partial charge in [-0.3, -0.25) is 20.2 Å². The second-order valence-corrected chi connectivity index (χ2v) is 5.88. The van der Waals surface area contributed by atoms with Crippen molar-refractivity contribution in [1.29, 1.82) is 0 Å². The summed E-state index contributed by atoms with van der Waals surface area (Å²) in [7, 11) is 0. The van der Waals surface area contributed by atoms with Crippen LogP contribution in [0.4, 0.5) is 17.1 Å². The molecule has 20 heavy (non-hydrogen) atoms. The number of anilines is 1. The molecule has 108 valence electrons. The molecule has 1 fully saturated rings. The van der Waals surface area contributed by atoms with Gasteiger partial charge in [0.1, 0.15) is 5.69 Å². The van der Waals surface area contributed by atoms with Crippen molar-refractivity contribution in [3.63, 3.8) is 0 Å². The van der Waals surface area contributed by atoms with Crippen LogP contribution in [-0.2, 0) is 0 Å². The molecule has 0 aromatic heterocycles. The summed E-state index contributed by atoms with van der Waals surface area (Å²) in [4.78, 5) is 22.7. The minimum Gasteiger partial charge on any atom is -0.365 e. The molecule has 1 aromatic carbocycles. The van der Waals surface area contributed by atoms with Gasteiger partial charge in [0.15, 0.2) is 0 Å². The van der Waals surface area contributed by atoms with Gasteiger partial charge in [0.05, 0.1) is 15.9 Å². The Morgan fingerprint density at radius 3 is 2.45 bits per heavy atom. The van der Waals surface area contributed by atoms with Crippen molar-refractivity contribution < 1.29 is 9.85 Å². The Hall–Kier alpha value is -2.18. The number of hydrogen-bond donors (Lipinski definition) is 0. The number of rotatable bonds is 3. The minimum atomic E-state index is -0.614. The Kier molecular flexibility index (Phi) is 3.61. The zero-order valence-electron chi connectivity index (χ0n) is 11.5. The molecule has 1 aromatic rings. The lowest BCUT2D eigenvalue weighted by Crippen LogP contribution is -2.40. The summed E-state index contributed by atoms with van der Waals surface area (Å²) < 4.78 is 0. The zero-order valence-corrected chi connectivity index (χ0v) is 11.5. The lowest BCUT2D eigenvalue weighted by Gasteiger charge is -2.39. The summed E-state index contributed by atoms with van der Waals surface area (Å²) >= 11 is 0. The zero-order chi connectivity index (χ0) is 14.9. The maximum absolute atomic E-state index is 11.2. The normalized spacial score (nSPS) is 17.8. The van der Waals surface area contributed by atoms with E-state index >= 15 is 0 Å². The highest BCUT2D eigenvalue weighted by Gasteiger charge is 2.30. The molecule has 2 rings (SSSR count). The SMILES string of the molecule is CC1(C)CCCN(c2ccc([N+](=O)[O-])cc2[N+](=O)[O-])C1. The fourth-order valence-corrected chi connectivity index (χ4v) is 2.67. The van der Waals surface area contributed by atoms with Crippen molar-refractivity contribution >= 4 is 17.1 Å². The predicted molar refractivity (Wildman–Crippen MR) is 75.0 cm³/mol. The van der Waals surface area contributed by atoms with Crippen LogP contribution in [0.1, 0.15) is 26.7 Å². The van der Waals surface area contributed by atoms with Crippen LogP contribution in [0, 0.1) is 25.6 Å². The van der Waals surface area contributed by atoms with Crippen molar-refractivity contribution in [1.82, 2.24) is 0 Å². The highest BCUT2D eigenvalue weighted by Crippen LogP contribution is 2.37. The number of hydrogen-bond acceptors (Lipinski definition) is 5. The van der Waals surface area contributed by atoms with E-state index in [1.807, 2.05) is 4.90 Å². The quantitative estimate of drug-likeness (QED) is 0.626. The van der Waals surface area contributed by atoms with E-state index in [1.165, 1.54) is 12.1 Å². The number of piperidine rings is 1. The van der Waals surface area contributed by atoms with Crippen LogP contribution in [0.15, 0.2) is 18.2 Å². The number of nitrogens with zero attached hydrogens (tertiary/aromatic N) is 3. The van der Waals surface area contributed by atoms with E-state index in [0.717, 1.165) is 25.5 Å². The van der Waals surface area contributed by atoms with Gasteiger partial charge in [-0.1, -0.05) is 13.8 Å². The first-order chi connectivity index (χ1) is 9.30. The molecule has 0 amide bonds. The van der Waals surface area contributed by atoms with Crippen LogP contribution in [0.25, 0.3) is 0 Å². The lowest BCUT2D eigenvalue weighted by molar-refractivity contribution is -0.393. The topological polar surface area (TPSA) is 89.5 Å². The van der Waals surface area contributed by atoms with E-state index in [-0.39, 0.29) is 16.8 Å². The largest absolute Gasteiger partial charge is 0.365 e. The van der Waals surface area contributed by atoms with Crippen molar-refractivity contribution in [2.75, 3.05) is 18.0 Å². The van der Waals surface area contributed by atoms with E-state index in [4.69, 9.17) is 0 Å². The van der Waals surface area contributed by atoms with Crippen molar-refractivity contribution in [2.45, 2.75) is 26.7 Å². The molecule has 1 aliphatic heterocycles. The van der Waals surface area contributed by atoms with Gasteiger partial charge in [-0.2, -0.15) is 0 Å². The highest BCUT2D eigenvalue weighted by molar-refractivity contribution is 5.67. The van der Waals surface area contributed by atoms with Gasteiger partial charge in [0.2, 0.25) is 0 Å². The van der Waals surface area contributed by atoms with Crippen molar-refractivity contribution in [3.05, 3.63) is 38.4 Å². The van der Waals surface area contributed by atoms with Crippen LogP contribution in [0.5, 0.6) is 0 Å². The van der Waals surface area contributed by atoms with E-state index in [9.17, 15) is 20.2 Å². The molecular formula is C13H17N3O4. The van der Waals surface area contributed by atoms with Gasteiger partial charge in [-0.25, -0.2) is 0 Å². The van der Waals surface area contributed by atoms with Gasteiger partial charge >= 0.3 is 0 Å². The summed E-state index contributed by atoms with van der Waals surface area (Å²) in [5, 5.41) is 21.9. The van der Waals surface area contributed by atoms with E-state index in [1.54, 1.807) is 0 Å². The molecule has 7 heteroatoms. The molecule has 7 nitrogen and oxygen atoms in total. The van der Waals surface area contributed by atoms with Crippen LogP contribution in [0.2, 0.25) is 0 Å². The fraction of sp³-hybridized carbons (Fsp3) is 0.538. The Bertz CT molecular complexity index is 557. The van der Waals surface area contributed by atoms with E-state index in [0.29, 0.717) is 12.2 Å². The van der Waals surface area contributed by atoms with Crippen LogP contribution in [0.3, 0.4) is 0 Å². The molecular weight excluding hydrogens is 262 g/mol. The Labute approximate surface area is 116 Å². The van der Waals surface area contributed by atoms with E-state index < -0.39 is 9.85 Å². The summed E-state index contributed by atoms with van der Waals surface area (Å²) in [6.07, 6.45) is 2.03. The van der Waals surface area contributed by atoms with Crippen LogP contribution < -0.4 is 4.90 Å². The average molecular weight is 279 g/mol. The van der Waals surface area contributed by atoms with Gasteiger partial charge in [0, 0.05) is 19.2 Å². The van der Waals surface area contributed by atoms with Crippen molar-refractivity contribution in [3.8, 4) is 0 Å². The molecule has 1 aliphatic rings.